The van der Waals surface area contributed by atoms with Crippen molar-refractivity contribution < 1.29 is 18.0 Å². The zero-order valence-corrected chi connectivity index (χ0v) is 12.5. The molecule has 0 saturated heterocycles. The standard InChI is InChI=1S/C15H12F3N3OS/c16-15(17,18)12-8-20-14(23-12)21-13(22)6-9-1-2-11-7-19-4-3-10(11)5-9/h1-5,7-8,14,20H,6H2,(H,21,22). The number of carbonyl (C=O) groups is 1. The molecule has 1 aliphatic rings. The number of allylic oxidation sites excluding steroid dienone is 1. The van der Waals surface area contributed by atoms with E-state index in [1.165, 1.54) is 0 Å². The zero-order valence-electron chi connectivity index (χ0n) is 11.7. The molecule has 0 radical (unpaired) electrons. The third-order valence-corrected chi connectivity index (χ3v) is 4.34. The molecule has 4 nitrogen and oxygen atoms in total. The maximum Gasteiger partial charge on any atom is 0.423 e. The normalized spacial score (nSPS) is 17.7. The molecular formula is C15H12F3N3OS. The van der Waals surface area contributed by atoms with Crippen molar-refractivity contribution in [1.82, 2.24) is 15.6 Å². The summed E-state index contributed by atoms with van der Waals surface area (Å²) in [4.78, 5) is 15.2. The van der Waals surface area contributed by atoms with Crippen molar-refractivity contribution in [3.05, 3.63) is 53.3 Å². The predicted octanol–water partition coefficient (Wildman–Crippen LogP) is 2.92. The Labute approximate surface area is 134 Å². The van der Waals surface area contributed by atoms with Crippen LogP contribution < -0.4 is 10.6 Å². The predicted molar refractivity (Wildman–Crippen MR) is 82.2 cm³/mol. The van der Waals surface area contributed by atoms with E-state index >= 15 is 0 Å². The number of hydrogen-bond donors (Lipinski definition) is 2. The summed E-state index contributed by atoms with van der Waals surface area (Å²) in [5.74, 6) is -0.347. The molecule has 0 bridgehead atoms. The molecule has 8 heteroatoms. The topological polar surface area (TPSA) is 54.0 Å². The van der Waals surface area contributed by atoms with Gasteiger partial charge in [-0.3, -0.25) is 9.78 Å². The molecule has 2 heterocycles. The van der Waals surface area contributed by atoms with Gasteiger partial charge in [0.25, 0.3) is 0 Å². The van der Waals surface area contributed by atoms with Gasteiger partial charge < -0.3 is 10.6 Å². The molecular weight excluding hydrogens is 327 g/mol. The van der Waals surface area contributed by atoms with E-state index in [-0.39, 0.29) is 12.3 Å². The van der Waals surface area contributed by atoms with E-state index in [9.17, 15) is 18.0 Å². The highest BCUT2D eigenvalue weighted by atomic mass is 32.2. The lowest BCUT2D eigenvalue weighted by molar-refractivity contribution is -0.120. The third kappa shape index (κ3) is 3.76. The Morgan fingerprint density at radius 2 is 2.13 bits per heavy atom. The summed E-state index contributed by atoms with van der Waals surface area (Å²) in [5.41, 5.74) is -0.0167. The summed E-state index contributed by atoms with van der Waals surface area (Å²) in [6.45, 7) is 0. The van der Waals surface area contributed by atoms with Crippen LogP contribution in [-0.4, -0.2) is 22.6 Å². The third-order valence-electron chi connectivity index (χ3n) is 3.25. The lowest BCUT2D eigenvalue weighted by Gasteiger charge is -2.14. The van der Waals surface area contributed by atoms with Crippen molar-refractivity contribution in [1.29, 1.82) is 0 Å². The van der Waals surface area contributed by atoms with Crippen LogP contribution in [0.3, 0.4) is 0 Å². The van der Waals surface area contributed by atoms with Crippen molar-refractivity contribution >= 4 is 28.4 Å². The molecule has 1 amide bonds. The Bertz CT molecular complexity index is 776. The summed E-state index contributed by atoms with van der Waals surface area (Å²) in [6, 6.07) is 7.37. The Balaban J connectivity index is 1.59. The van der Waals surface area contributed by atoms with Gasteiger partial charge in [-0.2, -0.15) is 13.2 Å². The first kappa shape index (κ1) is 15.7. The largest absolute Gasteiger partial charge is 0.423 e. The number of halogens is 3. The van der Waals surface area contributed by atoms with E-state index in [0.29, 0.717) is 11.8 Å². The minimum Gasteiger partial charge on any atom is -0.362 e. The van der Waals surface area contributed by atoms with E-state index in [2.05, 4.69) is 15.6 Å². The Morgan fingerprint density at radius 3 is 2.87 bits per heavy atom. The number of pyridine rings is 1. The minimum atomic E-state index is -4.40. The molecule has 1 aromatic carbocycles. The van der Waals surface area contributed by atoms with Crippen LogP contribution in [0, 0.1) is 0 Å². The van der Waals surface area contributed by atoms with Gasteiger partial charge in [0.15, 0.2) is 5.50 Å². The van der Waals surface area contributed by atoms with Crippen molar-refractivity contribution in [2.75, 3.05) is 0 Å². The van der Waals surface area contributed by atoms with Crippen LogP contribution in [0.25, 0.3) is 10.8 Å². The molecule has 1 aromatic heterocycles. The molecule has 0 fully saturated rings. The number of amides is 1. The van der Waals surface area contributed by atoms with Gasteiger partial charge in [-0.25, -0.2) is 0 Å². The fraction of sp³-hybridized carbons (Fsp3) is 0.200. The molecule has 120 valence electrons. The lowest BCUT2D eigenvalue weighted by atomic mass is 10.1. The number of rotatable bonds is 3. The Morgan fingerprint density at radius 1 is 1.30 bits per heavy atom. The molecule has 0 aliphatic carbocycles. The highest BCUT2D eigenvalue weighted by Gasteiger charge is 2.39. The van der Waals surface area contributed by atoms with Crippen LogP contribution in [0.4, 0.5) is 13.2 Å². The van der Waals surface area contributed by atoms with Gasteiger partial charge in [0.05, 0.1) is 6.42 Å². The van der Waals surface area contributed by atoms with Gasteiger partial charge in [0.1, 0.15) is 4.91 Å². The SMILES string of the molecule is O=C(Cc1ccc2cnccc2c1)NC1NC=C(C(F)(F)F)S1. The van der Waals surface area contributed by atoms with Crippen molar-refractivity contribution in [3.8, 4) is 0 Å². The van der Waals surface area contributed by atoms with E-state index in [4.69, 9.17) is 0 Å². The lowest BCUT2D eigenvalue weighted by Crippen LogP contribution is -2.39. The maximum atomic E-state index is 12.5. The number of benzene rings is 1. The highest BCUT2D eigenvalue weighted by Crippen LogP contribution is 2.38. The number of carbonyl (C=O) groups excluding carboxylic acids is 1. The first-order chi connectivity index (χ1) is 10.9. The number of thioether (sulfide) groups is 1. The summed E-state index contributed by atoms with van der Waals surface area (Å²) in [5, 5.41) is 6.95. The summed E-state index contributed by atoms with van der Waals surface area (Å²) >= 11 is 0.544. The monoisotopic (exact) mass is 339 g/mol. The summed E-state index contributed by atoms with van der Waals surface area (Å²) in [7, 11) is 0. The first-order valence-electron chi connectivity index (χ1n) is 6.74. The fourth-order valence-corrected chi connectivity index (χ4v) is 3.04. The van der Waals surface area contributed by atoms with Gasteiger partial charge >= 0.3 is 6.18 Å². The first-order valence-corrected chi connectivity index (χ1v) is 7.62. The molecule has 0 spiro atoms. The number of nitrogens with zero attached hydrogens (tertiary/aromatic N) is 1. The Hall–Kier alpha value is -2.22. The Kier molecular flexibility index (Phi) is 4.16. The maximum absolute atomic E-state index is 12.5. The van der Waals surface area contributed by atoms with Crippen molar-refractivity contribution in [3.63, 3.8) is 0 Å². The van der Waals surface area contributed by atoms with Crippen LogP contribution >= 0.6 is 11.8 Å². The molecule has 1 aliphatic heterocycles. The summed E-state index contributed by atoms with van der Waals surface area (Å²) < 4.78 is 37.6. The molecule has 1 unspecified atom stereocenters. The summed E-state index contributed by atoms with van der Waals surface area (Å²) in [6.07, 6.45) is -0.0429. The van der Waals surface area contributed by atoms with Gasteiger partial charge in [-0.1, -0.05) is 30.0 Å². The molecule has 23 heavy (non-hydrogen) atoms. The van der Waals surface area contributed by atoms with E-state index < -0.39 is 16.6 Å². The smallest absolute Gasteiger partial charge is 0.362 e. The average molecular weight is 339 g/mol. The van der Waals surface area contributed by atoms with Crippen LogP contribution in [0.1, 0.15) is 5.56 Å². The second-order valence-corrected chi connectivity index (χ2v) is 6.12. The molecule has 0 saturated carbocycles. The van der Waals surface area contributed by atoms with Gasteiger partial charge in [-0.05, 0) is 17.0 Å². The van der Waals surface area contributed by atoms with E-state index in [1.807, 2.05) is 18.2 Å². The van der Waals surface area contributed by atoms with Crippen LogP contribution in [0.5, 0.6) is 0 Å². The van der Waals surface area contributed by atoms with Gasteiger partial charge in [0, 0.05) is 24.0 Å². The molecule has 3 rings (SSSR count). The van der Waals surface area contributed by atoms with Crippen molar-refractivity contribution in [2.24, 2.45) is 0 Å². The van der Waals surface area contributed by atoms with Gasteiger partial charge in [-0.15, -0.1) is 0 Å². The molecule has 2 aromatic rings. The fourth-order valence-electron chi connectivity index (χ4n) is 2.19. The molecule has 1 atom stereocenters. The second-order valence-electron chi connectivity index (χ2n) is 4.97. The quantitative estimate of drug-likeness (QED) is 0.903. The van der Waals surface area contributed by atoms with Crippen molar-refractivity contribution in [2.45, 2.75) is 18.1 Å². The van der Waals surface area contributed by atoms with E-state index in [1.54, 1.807) is 18.5 Å². The van der Waals surface area contributed by atoms with E-state index in [0.717, 1.165) is 22.5 Å². The van der Waals surface area contributed by atoms with Crippen LogP contribution in [0.2, 0.25) is 0 Å². The highest BCUT2D eigenvalue weighted by molar-refractivity contribution is 8.03. The van der Waals surface area contributed by atoms with Crippen LogP contribution in [-0.2, 0) is 11.2 Å². The number of fused-ring (bicyclic) bond motifs is 1. The van der Waals surface area contributed by atoms with Gasteiger partial charge in [0.2, 0.25) is 5.91 Å². The van der Waals surface area contributed by atoms with Crippen LogP contribution in [0.15, 0.2) is 47.8 Å². The number of alkyl halides is 3. The number of nitrogens with one attached hydrogen (secondary N) is 2. The average Bonchev–Trinajstić information content (AvgIpc) is 2.95. The number of aromatic nitrogens is 1. The second kappa shape index (κ2) is 6.11. The zero-order chi connectivity index (χ0) is 16.4. The minimum absolute atomic E-state index is 0.0956. The number of hydrogen-bond acceptors (Lipinski definition) is 4. The molecule has 2 N–H and O–H groups in total.